The van der Waals surface area contributed by atoms with Crippen molar-refractivity contribution in [2.45, 2.75) is 107 Å². The third-order valence-electron chi connectivity index (χ3n) is 11.4. The molecule has 3 atom stereocenters. The molecule has 0 saturated heterocycles. The number of para-hydroxylation sites is 1. The number of fused-ring (bicyclic) bond motifs is 1. The van der Waals surface area contributed by atoms with Gasteiger partial charge >= 0.3 is 0 Å². The summed E-state index contributed by atoms with van der Waals surface area (Å²) in [6, 6.07) is 19.9. The van der Waals surface area contributed by atoms with Crippen LogP contribution in [0.25, 0.3) is 10.9 Å². The lowest BCUT2D eigenvalue weighted by molar-refractivity contribution is -0.138. The number of primary amides is 1. The number of hydrogen-bond donors (Lipinski definition) is 10. The van der Waals surface area contributed by atoms with Crippen LogP contribution in [0.5, 0.6) is 5.75 Å². The summed E-state index contributed by atoms with van der Waals surface area (Å²) in [7, 11) is 0. The fourth-order valence-corrected chi connectivity index (χ4v) is 7.97. The standard InChI is InChI=1S/C46H60N10O7/c1-2-3-15-40(59)56-46(22-20-31(21-23-46)30-16-18-33(57)19-17-30)44(63)55-37(25-29-10-5-4-6-11-29)43(62)53-36(14-9-24-50-45(48)49)42(61)54-38(41(60)52-28-39(47)58)26-32-27-51-35-13-8-7-12-34(32)35/h4-8,10-13,16-19,27,31,36-38,51,57H,2-3,9,14-15,20-26,28H2,1H3,(H2,47,58)(H,52,60)(H,53,62)(H,54,61)(H,55,63)(H,56,59)(H4,48,49,50)/t31?,36-,37+,38-,46?/m0/s1. The highest BCUT2D eigenvalue weighted by Gasteiger charge is 2.44. The molecule has 1 fully saturated rings. The summed E-state index contributed by atoms with van der Waals surface area (Å²) in [5, 5.41) is 24.8. The third kappa shape index (κ3) is 13.8. The van der Waals surface area contributed by atoms with Crippen LogP contribution < -0.4 is 43.8 Å². The van der Waals surface area contributed by atoms with Crippen LogP contribution in [-0.2, 0) is 41.6 Å². The molecule has 0 aliphatic heterocycles. The molecule has 1 aliphatic carbocycles. The van der Waals surface area contributed by atoms with Crippen LogP contribution in [0.1, 0.15) is 87.3 Å². The molecular weight excluding hydrogens is 805 g/mol. The maximum atomic E-state index is 14.7. The molecule has 4 aromatic rings. The van der Waals surface area contributed by atoms with Crippen LogP contribution in [0.3, 0.4) is 0 Å². The molecule has 13 N–H and O–H groups in total. The molecule has 17 heteroatoms. The SMILES string of the molecule is CCCCC(=O)NC1(C(=O)N[C@H](Cc2ccccc2)C(=O)N[C@@H](CCCN=C(N)N)C(=O)N[C@@H](Cc2c[nH]c3ccccc23)C(=O)NCC(N)=O)CCC(c2ccc(O)cc2)CC1. The van der Waals surface area contributed by atoms with E-state index in [1.54, 1.807) is 18.3 Å². The fraction of sp³-hybridized carbons (Fsp3) is 0.413. The average molecular weight is 865 g/mol. The summed E-state index contributed by atoms with van der Waals surface area (Å²) < 4.78 is 0. The second-order valence-electron chi connectivity index (χ2n) is 16.1. The number of hydrogen-bond acceptors (Lipinski definition) is 8. The molecule has 1 aromatic heterocycles. The normalized spacial score (nSPS) is 17.3. The predicted molar refractivity (Wildman–Crippen MR) is 240 cm³/mol. The summed E-state index contributed by atoms with van der Waals surface area (Å²) in [6.07, 6.45) is 5.49. The first kappa shape index (κ1) is 47.1. The van der Waals surface area contributed by atoms with Crippen molar-refractivity contribution in [3.8, 4) is 5.75 Å². The van der Waals surface area contributed by atoms with Crippen LogP contribution in [0, 0.1) is 0 Å². The van der Waals surface area contributed by atoms with Crippen molar-refractivity contribution >= 4 is 52.3 Å². The number of nitrogens with one attached hydrogen (secondary N) is 6. The Kier molecular flexibility index (Phi) is 17.1. The number of carbonyl (C=O) groups excluding carboxylic acids is 6. The zero-order chi connectivity index (χ0) is 45.4. The topological polar surface area (TPSA) is 289 Å². The van der Waals surface area contributed by atoms with Gasteiger partial charge in [-0.1, -0.05) is 74.0 Å². The number of phenols is 1. The minimum Gasteiger partial charge on any atom is -0.508 e. The lowest BCUT2D eigenvalue weighted by Gasteiger charge is -2.40. The molecule has 336 valence electrons. The minimum atomic E-state index is -1.32. The van der Waals surface area contributed by atoms with Crippen molar-refractivity contribution in [3.05, 3.63) is 102 Å². The highest BCUT2D eigenvalue weighted by molar-refractivity contribution is 5.98. The van der Waals surface area contributed by atoms with E-state index in [9.17, 15) is 33.9 Å². The number of aromatic amines is 1. The van der Waals surface area contributed by atoms with Crippen molar-refractivity contribution < 1.29 is 33.9 Å². The van der Waals surface area contributed by atoms with E-state index in [1.165, 1.54) is 0 Å². The Hall–Kier alpha value is -6.91. The van der Waals surface area contributed by atoms with E-state index >= 15 is 0 Å². The number of aromatic nitrogens is 1. The molecule has 17 nitrogen and oxygen atoms in total. The Balaban J connectivity index is 1.41. The van der Waals surface area contributed by atoms with E-state index in [0.29, 0.717) is 32.1 Å². The number of nitrogens with zero attached hydrogens (tertiary/aromatic N) is 1. The fourth-order valence-electron chi connectivity index (χ4n) is 7.97. The van der Waals surface area contributed by atoms with Crippen LogP contribution in [0.2, 0.25) is 0 Å². The van der Waals surface area contributed by atoms with Crippen LogP contribution in [0.15, 0.2) is 90.1 Å². The number of unbranched alkanes of at least 4 members (excludes halogenated alkanes) is 1. The molecule has 0 unspecified atom stereocenters. The van der Waals surface area contributed by atoms with E-state index in [1.807, 2.05) is 73.7 Å². The number of aliphatic imine (C=N–C) groups is 1. The van der Waals surface area contributed by atoms with Gasteiger partial charge in [0.1, 0.15) is 29.4 Å². The van der Waals surface area contributed by atoms with Gasteiger partial charge in [-0.15, -0.1) is 0 Å². The summed E-state index contributed by atoms with van der Waals surface area (Å²) in [5.41, 5.74) is 18.4. The molecule has 1 heterocycles. The van der Waals surface area contributed by atoms with Gasteiger partial charge in [-0.25, -0.2) is 0 Å². The molecule has 1 saturated carbocycles. The molecule has 6 amide bonds. The van der Waals surface area contributed by atoms with Crippen molar-refractivity contribution in [3.63, 3.8) is 0 Å². The van der Waals surface area contributed by atoms with Gasteiger partial charge in [0.2, 0.25) is 35.4 Å². The molecule has 5 rings (SSSR count). The van der Waals surface area contributed by atoms with Gasteiger partial charge in [-0.3, -0.25) is 33.8 Å². The molecule has 1 aliphatic rings. The van der Waals surface area contributed by atoms with Crippen molar-refractivity contribution in [1.29, 1.82) is 0 Å². The maximum absolute atomic E-state index is 14.7. The number of guanidine groups is 1. The molecular formula is C46H60N10O7. The number of aromatic hydroxyl groups is 1. The number of carbonyl (C=O) groups is 6. The van der Waals surface area contributed by atoms with Gasteiger partial charge in [0.25, 0.3) is 0 Å². The quantitative estimate of drug-likeness (QED) is 0.0314. The Bertz CT molecular complexity index is 2210. The van der Waals surface area contributed by atoms with Crippen LogP contribution in [-0.4, -0.2) is 88.2 Å². The molecule has 0 radical (unpaired) electrons. The van der Waals surface area contributed by atoms with E-state index < -0.39 is 59.7 Å². The number of rotatable bonds is 22. The maximum Gasteiger partial charge on any atom is 0.246 e. The van der Waals surface area contributed by atoms with E-state index in [4.69, 9.17) is 17.2 Å². The van der Waals surface area contributed by atoms with Crippen LogP contribution >= 0.6 is 0 Å². The molecule has 0 bridgehead atoms. The summed E-state index contributed by atoms with van der Waals surface area (Å²) in [6.45, 7) is 1.65. The van der Waals surface area contributed by atoms with Crippen molar-refractivity contribution in [2.24, 2.45) is 22.2 Å². The average Bonchev–Trinajstić information content (AvgIpc) is 3.68. The zero-order valence-corrected chi connectivity index (χ0v) is 35.7. The summed E-state index contributed by atoms with van der Waals surface area (Å²) in [5.74, 6) is -3.52. The lowest BCUT2D eigenvalue weighted by atomic mass is 9.73. The van der Waals surface area contributed by atoms with E-state index in [-0.39, 0.29) is 62.2 Å². The van der Waals surface area contributed by atoms with E-state index in [0.717, 1.165) is 34.0 Å². The number of H-pyrrole nitrogens is 1. The number of benzene rings is 3. The van der Waals surface area contributed by atoms with E-state index in [2.05, 4.69) is 36.6 Å². The Morgan fingerprint density at radius 2 is 1.44 bits per heavy atom. The van der Waals surface area contributed by atoms with Gasteiger partial charge in [0, 0.05) is 42.9 Å². The Labute approximate surface area is 366 Å². The van der Waals surface area contributed by atoms with Gasteiger partial charge in [0.15, 0.2) is 5.96 Å². The Morgan fingerprint density at radius 3 is 2.13 bits per heavy atom. The molecule has 0 spiro atoms. The van der Waals surface area contributed by atoms with Gasteiger partial charge in [-0.2, -0.15) is 0 Å². The number of amides is 6. The smallest absolute Gasteiger partial charge is 0.246 e. The Morgan fingerprint density at radius 1 is 0.794 bits per heavy atom. The van der Waals surface area contributed by atoms with Gasteiger partial charge in [0.05, 0.1) is 6.54 Å². The largest absolute Gasteiger partial charge is 0.508 e. The first-order chi connectivity index (χ1) is 30.3. The summed E-state index contributed by atoms with van der Waals surface area (Å²) in [4.78, 5) is 89.1. The predicted octanol–water partition coefficient (Wildman–Crippen LogP) is 2.17. The molecule has 3 aromatic carbocycles. The van der Waals surface area contributed by atoms with Crippen molar-refractivity contribution in [1.82, 2.24) is 31.6 Å². The van der Waals surface area contributed by atoms with Crippen LogP contribution in [0.4, 0.5) is 0 Å². The first-order valence-electron chi connectivity index (χ1n) is 21.5. The van der Waals surface area contributed by atoms with Crippen molar-refractivity contribution in [2.75, 3.05) is 13.1 Å². The second kappa shape index (κ2) is 22.8. The highest BCUT2D eigenvalue weighted by atomic mass is 16.3. The van der Waals surface area contributed by atoms with Gasteiger partial charge < -0.3 is 53.9 Å². The monoisotopic (exact) mass is 864 g/mol. The zero-order valence-electron chi connectivity index (χ0n) is 35.7. The second-order valence-corrected chi connectivity index (χ2v) is 16.1. The minimum absolute atomic E-state index is 0.0291. The van der Waals surface area contributed by atoms with Gasteiger partial charge in [-0.05, 0) is 85.8 Å². The lowest BCUT2D eigenvalue weighted by Crippen LogP contribution is -2.64. The number of phenolic OH excluding ortho intramolecular Hbond substituents is 1. The first-order valence-corrected chi connectivity index (χ1v) is 21.5. The summed E-state index contributed by atoms with van der Waals surface area (Å²) >= 11 is 0. The number of nitrogens with two attached hydrogens (primary N) is 3. The molecule has 63 heavy (non-hydrogen) atoms. The third-order valence-corrected chi connectivity index (χ3v) is 11.4. The highest BCUT2D eigenvalue weighted by Crippen LogP contribution is 2.39.